The molecule has 0 saturated heterocycles. The molecule has 8 aromatic rings. The zero-order chi connectivity index (χ0) is 29.9. The van der Waals surface area contributed by atoms with Crippen LogP contribution in [-0.4, -0.2) is 9.97 Å². The van der Waals surface area contributed by atoms with Gasteiger partial charge < -0.3 is 0 Å². The van der Waals surface area contributed by atoms with Crippen molar-refractivity contribution in [2.45, 2.75) is 19.3 Å². The molecule has 3 nitrogen and oxygen atoms in total. The van der Waals surface area contributed by atoms with Crippen molar-refractivity contribution in [2.75, 3.05) is 4.90 Å². The van der Waals surface area contributed by atoms with Gasteiger partial charge in [-0.15, -0.1) is 11.3 Å². The molecule has 2 aliphatic rings. The summed E-state index contributed by atoms with van der Waals surface area (Å²) in [6.07, 6.45) is 1.72. The highest BCUT2D eigenvalue weighted by molar-refractivity contribution is 7.27. The van der Waals surface area contributed by atoms with Crippen molar-refractivity contribution in [3.63, 3.8) is 0 Å². The number of aromatic nitrogens is 2. The van der Waals surface area contributed by atoms with E-state index in [0.717, 1.165) is 33.7 Å². The van der Waals surface area contributed by atoms with Gasteiger partial charge >= 0.3 is 0 Å². The number of nitrogens with zero attached hydrogens (tertiary/aromatic N) is 3. The summed E-state index contributed by atoms with van der Waals surface area (Å²) in [7, 11) is 0. The molecule has 10 rings (SSSR count). The maximum Gasteiger partial charge on any atom is 0.149 e. The molecule has 6 aromatic carbocycles. The number of hydrogen-bond donors (Lipinski definition) is 0. The Labute approximate surface area is 265 Å². The lowest BCUT2D eigenvalue weighted by atomic mass is 9.82. The predicted molar refractivity (Wildman–Crippen MR) is 189 cm³/mol. The van der Waals surface area contributed by atoms with Crippen LogP contribution in [0.1, 0.15) is 25.0 Å². The summed E-state index contributed by atoms with van der Waals surface area (Å²) < 4.78 is 2.63. The van der Waals surface area contributed by atoms with Crippen molar-refractivity contribution >= 4 is 59.6 Å². The van der Waals surface area contributed by atoms with Crippen molar-refractivity contribution in [1.29, 1.82) is 0 Å². The monoisotopic (exact) mass is 593 g/mol. The number of rotatable bonds is 2. The number of anilines is 3. The normalized spacial score (nSPS) is 14.1. The van der Waals surface area contributed by atoms with Gasteiger partial charge in [-0.25, -0.2) is 9.97 Å². The Balaban J connectivity index is 1.26. The van der Waals surface area contributed by atoms with Crippen molar-refractivity contribution in [1.82, 2.24) is 9.97 Å². The van der Waals surface area contributed by atoms with Gasteiger partial charge in [0.05, 0.1) is 27.0 Å². The topological polar surface area (TPSA) is 29.0 Å². The lowest BCUT2D eigenvalue weighted by Gasteiger charge is -2.32. The molecule has 0 amide bonds. The molecule has 0 N–H and O–H groups in total. The van der Waals surface area contributed by atoms with E-state index in [0.29, 0.717) is 0 Å². The first-order chi connectivity index (χ1) is 22.1. The summed E-state index contributed by atoms with van der Waals surface area (Å²) in [5.41, 5.74) is 13.5. The minimum absolute atomic E-state index is 0.0280. The van der Waals surface area contributed by atoms with Gasteiger partial charge in [-0.1, -0.05) is 111 Å². The zero-order valence-electron chi connectivity index (χ0n) is 24.9. The van der Waals surface area contributed by atoms with E-state index in [-0.39, 0.29) is 5.41 Å². The van der Waals surface area contributed by atoms with Crippen LogP contribution >= 0.6 is 11.3 Å². The molecule has 2 aromatic heterocycles. The first-order valence-electron chi connectivity index (χ1n) is 15.4. The second-order valence-electron chi connectivity index (χ2n) is 12.6. The Kier molecular flexibility index (Phi) is 4.94. The highest BCUT2D eigenvalue weighted by Gasteiger charge is 2.37. The van der Waals surface area contributed by atoms with Crippen molar-refractivity contribution < 1.29 is 0 Å². The molecule has 0 unspecified atom stereocenters. The number of thiophene rings is 1. The predicted octanol–water partition coefficient (Wildman–Crippen LogP) is 11.4. The Hall–Kier alpha value is -5.32. The number of para-hydroxylation sites is 1. The summed E-state index contributed by atoms with van der Waals surface area (Å²) in [5, 5.41) is 3.69. The van der Waals surface area contributed by atoms with E-state index in [2.05, 4.69) is 140 Å². The first kappa shape index (κ1) is 25.1. The standard InChI is InChI=1S/C41H27N3S/c1-41(2)31-16-8-6-14-29(31)36-32(41)20-19-28-27-15-10-18-35(38(27)45-39(28)36)44-34-17-9-7-13-26(34)30-21-25(24-11-4-3-5-12-24)22-33-37(30)40(44)43-23-42-33/h3-23H,1-2H3. The van der Waals surface area contributed by atoms with Crippen LogP contribution in [0.25, 0.3) is 64.5 Å². The summed E-state index contributed by atoms with van der Waals surface area (Å²) >= 11 is 1.91. The van der Waals surface area contributed by atoms with Gasteiger partial charge in [0.15, 0.2) is 0 Å². The Bertz CT molecular complexity index is 2530. The Morgan fingerprint density at radius 2 is 1.33 bits per heavy atom. The minimum Gasteiger partial charge on any atom is -0.292 e. The van der Waals surface area contributed by atoms with Gasteiger partial charge in [-0.05, 0) is 57.6 Å². The van der Waals surface area contributed by atoms with E-state index in [4.69, 9.17) is 9.97 Å². The largest absolute Gasteiger partial charge is 0.292 e. The smallest absolute Gasteiger partial charge is 0.149 e. The molecule has 212 valence electrons. The molecular weight excluding hydrogens is 567 g/mol. The van der Waals surface area contributed by atoms with Crippen LogP contribution in [-0.2, 0) is 5.41 Å². The highest BCUT2D eigenvalue weighted by Crippen LogP contribution is 2.56. The van der Waals surface area contributed by atoms with E-state index in [9.17, 15) is 0 Å². The van der Waals surface area contributed by atoms with Gasteiger partial charge in [-0.3, -0.25) is 4.90 Å². The third kappa shape index (κ3) is 3.29. The molecule has 0 atom stereocenters. The van der Waals surface area contributed by atoms with Crippen LogP contribution in [0.4, 0.5) is 17.2 Å². The third-order valence-corrected chi connectivity index (χ3v) is 11.2. The summed E-state index contributed by atoms with van der Waals surface area (Å²) in [6.45, 7) is 4.71. The van der Waals surface area contributed by atoms with Crippen LogP contribution in [0.3, 0.4) is 0 Å². The number of benzene rings is 6. The maximum absolute atomic E-state index is 4.98. The maximum atomic E-state index is 4.98. The second-order valence-corrected chi connectivity index (χ2v) is 13.6. The van der Waals surface area contributed by atoms with Gasteiger partial charge in [0.25, 0.3) is 0 Å². The van der Waals surface area contributed by atoms with Crippen LogP contribution in [0, 0.1) is 0 Å². The van der Waals surface area contributed by atoms with E-state index in [1.165, 1.54) is 59.1 Å². The van der Waals surface area contributed by atoms with Crippen molar-refractivity contribution in [3.8, 4) is 33.4 Å². The molecule has 0 radical (unpaired) electrons. The highest BCUT2D eigenvalue weighted by atomic mass is 32.1. The van der Waals surface area contributed by atoms with E-state index >= 15 is 0 Å². The van der Waals surface area contributed by atoms with E-state index < -0.39 is 0 Å². The number of fused-ring (bicyclic) bond motifs is 9. The molecule has 45 heavy (non-hydrogen) atoms. The Morgan fingerprint density at radius 1 is 0.578 bits per heavy atom. The average molecular weight is 594 g/mol. The fourth-order valence-corrected chi connectivity index (χ4v) is 9.18. The second kappa shape index (κ2) is 8.87. The fraction of sp³-hybridized carbons (Fsp3) is 0.0732. The third-order valence-electron chi connectivity index (χ3n) is 9.90. The molecule has 0 saturated carbocycles. The lowest BCUT2D eigenvalue weighted by molar-refractivity contribution is 0.661. The number of hydrogen-bond acceptors (Lipinski definition) is 4. The molecule has 0 spiro atoms. The molecule has 0 fully saturated rings. The molecular formula is C41H27N3S. The van der Waals surface area contributed by atoms with Crippen molar-refractivity contribution in [3.05, 3.63) is 139 Å². The Morgan fingerprint density at radius 3 is 2.22 bits per heavy atom. The molecule has 1 aliphatic heterocycles. The van der Waals surface area contributed by atoms with Crippen LogP contribution in [0.2, 0.25) is 0 Å². The summed E-state index contributed by atoms with van der Waals surface area (Å²) in [6, 6.07) is 44.2. The molecule has 4 heteroatoms. The van der Waals surface area contributed by atoms with E-state index in [1.807, 2.05) is 11.3 Å². The average Bonchev–Trinajstić information content (AvgIpc) is 3.58. The molecule has 3 heterocycles. The van der Waals surface area contributed by atoms with E-state index in [1.54, 1.807) is 6.33 Å². The SMILES string of the molecule is CC1(C)c2ccccc2-c2c1ccc1c2sc2c(N3c4ccccc4-c4cc(-c5ccccc5)cc5ncnc3c45)cccc21. The first-order valence-corrected chi connectivity index (χ1v) is 16.2. The quantitative estimate of drug-likeness (QED) is 0.200. The van der Waals surface area contributed by atoms with Gasteiger partial charge in [0, 0.05) is 32.0 Å². The van der Waals surface area contributed by atoms with Gasteiger partial charge in [0.2, 0.25) is 0 Å². The van der Waals surface area contributed by atoms with Crippen molar-refractivity contribution in [2.24, 2.45) is 0 Å². The lowest BCUT2D eigenvalue weighted by Crippen LogP contribution is -2.17. The van der Waals surface area contributed by atoms with Crippen LogP contribution in [0.15, 0.2) is 128 Å². The molecule has 0 bridgehead atoms. The summed E-state index contributed by atoms with van der Waals surface area (Å²) in [5.74, 6) is 0.926. The van der Waals surface area contributed by atoms with Gasteiger partial charge in [0.1, 0.15) is 12.1 Å². The minimum atomic E-state index is -0.0280. The summed E-state index contributed by atoms with van der Waals surface area (Å²) in [4.78, 5) is 12.2. The zero-order valence-corrected chi connectivity index (χ0v) is 25.7. The van der Waals surface area contributed by atoms with Crippen LogP contribution < -0.4 is 4.90 Å². The van der Waals surface area contributed by atoms with Gasteiger partial charge in [-0.2, -0.15) is 0 Å². The van der Waals surface area contributed by atoms with Crippen LogP contribution in [0.5, 0.6) is 0 Å². The fourth-order valence-electron chi connectivity index (χ4n) is 7.81. The molecule has 1 aliphatic carbocycles.